The molecule has 1 fully saturated rings. The minimum absolute atomic E-state index is 0. The smallest absolute Gasteiger partial charge is 0.244 e. The number of carbonyl (C=O) groups is 1. The van der Waals surface area contributed by atoms with Crippen LogP contribution in [0.2, 0.25) is 0 Å². The average Bonchev–Trinajstić information content (AvgIpc) is 2.99. The van der Waals surface area contributed by atoms with Crippen molar-refractivity contribution >= 4 is 28.3 Å². The van der Waals surface area contributed by atoms with Gasteiger partial charge in [0.1, 0.15) is 16.8 Å². The van der Waals surface area contributed by atoms with Crippen LogP contribution in [0.25, 0.3) is 0 Å². The van der Waals surface area contributed by atoms with Gasteiger partial charge in [0, 0.05) is 6.04 Å². The van der Waals surface area contributed by atoms with Crippen molar-refractivity contribution in [1.29, 1.82) is 0 Å². The molecule has 3 atom stereocenters. The first-order valence-corrected chi connectivity index (χ1v) is 10.0. The molecule has 0 radical (unpaired) electrons. The molecule has 0 saturated heterocycles. The first-order chi connectivity index (χ1) is 11.8. The molecule has 0 bridgehead atoms. The van der Waals surface area contributed by atoms with Gasteiger partial charge in [-0.05, 0) is 43.4 Å². The van der Waals surface area contributed by atoms with Crippen molar-refractivity contribution in [3.63, 3.8) is 0 Å². The molecule has 1 saturated carbocycles. The lowest BCUT2D eigenvalue weighted by atomic mass is 10.0. The molecule has 0 spiro atoms. The largest absolute Gasteiger partial charge is 0.352 e. The van der Waals surface area contributed by atoms with E-state index in [1.807, 2.05) is 0 Å². The van der Waals surface area contributed by atoms with E-state index in [0.29, 0.717) is 6.54 Å². The number of nitrogens with one attached hydrogen (secondary N) is 2. The van der Waals surface area contributed by atoms with Crippen LogP contribution >= 0.6 is 12.4 Å². The van der Waals surface area contributed by atoms with Gasteiger partial charge in [-0.15, -0.1) is 12.4 Å². The zero-order valence-corrected chi connectivity index (χ0v) is 16.6. The summed E-state index contributed by atoms with van der Waals surface area (Å²) in [6.07, 6.45) is 2.77. The molecule has 0 aromatic heterocycles. The molecular formula is C17H27ClFN3O3S. The maximum Gasteiger partial charge on any atom is 0.244 e. The fraction of sp³-hybridized carbons (Fsp3) is 0.588. The molecule has 26 heavy (non-hydrogen) atoms. The summed E-state index contributed by atoms with van der Waals surface area (Å²) in [5, 5.41) is 2.91. The third-order valence-electron chi connectivity index (χ3n) is 4.65. The highest BCUT2D eigenvalue weighted by molar-refractivity contribution is 7.89. The third kappa shape index (κ3) is 5.39. The molecule has 1 aromatic carbocycles. The number of hydrogen-bond donors (Lipinski definition) is 3. The van der Waals surface area contributed by atoms with Crippen molar-refractivity contribution in [2.45, 2.75) is 50.1 Å². The number of benzene rings is 1. The number of nitrogens with two attached hydrogens (primary N) is 1. The van der Waals surface area contributed by atoms with E-state index in [1.165, 1.54) is 18.2 Å². The van der Waals surface area contributed by atoms with Crippen LogP contribution in [0.1, 0.15) is 33.1 Å². The van der Waals surface area contributed by atoms with Crippen LogP contribution in [0.5, 0.6) is 0 Å². The summed E-state index contributed by atoms with van der Waals surface area (Å²) in [5.41, 5.74) is 5.73. The van der Waals surface area contributed by atoms with Gasteiger partial charge in [-0.2, -0.15) is 4.72 Å². The fourth-order valence-electron chi connectivity index (χ4n) is 3.17. The number of rotatable bonds is 7. The minimum atomic E-state index is -4.14. The highest BCUT2D eigenvalue weighted by atomic mass is 35.5. The van der Waals surface area contributed by atoms with Crippen LogP contribution in [0.4, 0.5) is 4.39 Å². The topological polar surface area (TPSA) is 101 Å². The lowest BCUT2D eigenvalue weighted by molar-refractivity contribution is -0.124. The van der Waals surface area contributed by atoms with Gasteiger partial charge < -0.3 is 11.1 Å². The second-order valence-corrected chi connectivity index (χ2v) is 8.50. The zero-order valence-electron chi connectivity index (χ0n) is 14.9. The Bertz CT molecular complexity index is 715. The minimum Gasteiger partial charge on any atom is -0.352 e. The predicted octanol–water partition coefficient (Wildman–Crippen LogP) is 1.79. The lowest BCUT2D eigenvalue weighted by Crippen LogP contribution is -2.53. The Labute approximate surface area is 160 Å². The van der Waals surface area contributed by atoms with Gasteiger partial charge in [0.25, 0.3) is 0 Å². The summed E-state index contributed by atoms with van der Waals surface area (Å²) in [5.74, 6) is -1.34. The van der Waals surface area contributed by atoms with E-state index in [4.69, 9.17) is 5.73 Å². The lowest BCUT2D eigenvalue weighted by Gasteiger charge is -2.26. The number of hydrogen-bond acceptors (Lipinski definition) is 4. The van der Waals surface area contributed by atoms with Gasteiger partial charge in [-0.1, -0.05) is 32.4 Å². The Morgan fingerprint density at radius 3 is 2.54 bits per heavy atom. The normalized spacial score (nSPS) is 21.3. The maximum atomic E-state index is 13.8. The Balaban J connectivity index is 0.00000338. The van der Waals surface area contributed by atoms with E-state index in [9.17, 15) is 17.6 Å². The van der Waals surface area contributed by atoms with Crippen LogP contribution < -0.4 is 15.8 Å². The van der Waals surface area contributed by atoms with Crippen LogP contribution in [-0.4, -0.2) is 33.0 Å². The molecule has 148 valence electrons. The molecule has 4 N–H and O–H groups in total. The molecule has 3 unspecified atom stereocenters. The number of halogens is 2. The van der Waals surface area contributed by atoms with E-state index >= 15 is 0 Å². The number of sulfonamides is 1. The van der Waals surface area contributed by atoms with Gasteiger partial charge in [-0.25, -0.2) is 12.8 Å². The highest BCUT2D eigenvalue weighted by Gasteiger charge is 2.33. The van der Waals surface area contributed by atoms with Crippen LogP contribution in [-0.2, 0) is 14.8 Å². The summed E-state index contributed by atoms with van der Waals surface area (Å²) in [6, 6.07) is 4.07. The quantitative estimate of drug-likeness (QED) is 0.641. The first kappa shape index (κ1) is 22.8. The van der Waals surface area contributed by atoms with Crippen molar-refractivity contribution in [2.75, 3.05) is 6.54 Å². The Morgan fingerprint density at radius 2 is 1.96 bits per heavy atom. The van der Waals surface area contributed by atoms with Gasteiger partial charge in [0.15, 0.2) is 0 Å². The second-order valence-electron chi connectivity index (χ2n) is 6.82. The third-order valence-corrected chi connectivity index (χ3v) is 6.12. The standard InChI is InChI=1S/C17H26FN3O3S.ClH/c1-11(2)16(17(22)20-14-8-5-6-12(14)10-19)21-25(23,24)15-9-4-3-7-13(15)18;/h3-4,7,9,11-12,14,16,21H,5-6,8,10,19H2,1-2H3,(H,20,22);1H. The van der Waals surface area contributed by atoms with Gasteiger partial charge in [0.2, 0.25) is 15.9 Å². The fourth-order valence-corrected chi connectivity index (χ4v) is 4.59. The van der Waals surface area contributed by atoms with Crippen LogP contribution in [0, 0.1) is 17.7 Å². The molecule has 1 aliphatic rings. The molecule has 6 nitrogen and oxygen atoms in total. The zero-order chi connectivity index (χ0) is 18.6. The molecule has 1 aromatic rings. The van der Waals surface area contributed by atoms with Crippen molar-refractivity contribution < 1.29 is 17.6 Å². The predicted molar refractivity (Wildman–Crippen MR) is 101 cm³/mol. The van der Waals surface area contributed by atoms with Crippen molar-refractivity contribution in [2.24, 2.45) is 17.6 Å². The summed E-state index contributed by atoms with van der Waals surface area (Å²) in [4.78, 5) is 12.2. The van der Waals surface area contributed by atoms with Gasteiger partial charge >= 0.3 is 0 Å². The summed E-state index contributed by atoms with van der Waals surface area (Å²) in [6.45, 7) is 3.96. The van der Waals surface area contributed by atoms with E-state index in [2.05, 4.69) is 10.0 Å². The molecule has 0 aliphatic heterocycles. The molecule has 0 heterocycles. The van der Waals surface area contributed by atoms with E-state index in [-0.39, 0.29) is 30.3 Å². The number of amides is 1. The van der Waals surface area contributed by atoms with Crippen molar-refractivity contribution in [3.8, 4) is 0 Å². The Hall–Kier alpha value is -1.22. The molecule has 9 heteroatoms. The molecule has 1 amide bonds. The van der Waals surface area contributed by atoms with Gasteiger partial charge in [-0.3, -0.25) is 4.79 Å². The van der Waals surface area contributed by atoms with E-state index in [0.717, 1.165) is 25.3 Å². The average molecular weight is 408 g/mol. The van der Waals surface area contributed by atoms with Crippen molar-refractivity contribution in [1.82, 2.24) is 10.0 Å². The highest BCUT2D eigenvalue weighted by Crippen LogP contribution is 2.25. The molecular weight excluding hydrogens is 381 g/mol. The van der Waals surface area contributed by atoms with Crippen LogP contribution in [0.15, 0.2) is 29.2 Å². The summed E-state index contributed by atoms with van der Waals surface area (Å²) >= 11 is 0. The van der Waals surface area contributed by atoms with Crippen LogP contribution in [0.3, 0.4) is 0 Å². The van der Waals surface area contributed by atoms with Crippen molar-refractivity contribution in [3.05, 3.63) is 30.1 Å². The molecule has 2 rings (SSSR count). The monoisotopic (exact) mass is 407 g/mol. The number of carbonyl (C=O) groups excluding carboxylic acids is 1. The maximum absolute atomic E-state index is 13.8. The first-order valence-electron chi connectivity index (χ1n) is 8.53. The van der Waals surface area contributed by atoms with Gasteiger partial charge in [0.05, 0.1) is 0 Å². The van der Waals surface area contributed by atoms with E-state index in [1.54, 1.807) is 13.8 Å². The second kappa shape index (κ2) is 9.64. The SMILES string of the molecule is CC(C)C(NS(=O)(=O)c1ccccc1F)C(=O)NC1CCCC1CN.Cl. The Kier molecular flexibility index (Phi) is 8.46. The van der Waals surface area contributed by atoms with E-state index < -0.39 is 32.7 Å². The molecule has 1 aliphatic carbocycles. The summed E-state index contributed by atoms with van der Waals surface area (Å²) < 4.78 is 41.1. The Morgan fingerprint density at radius 1 is 1.31 bits per heavy atom. The summed E-state index contributed by atoms with van der Waals surface area (Å²) in [7, 11) is -4.14.